The molecule has 0 radical (unpaired) electrons. The van der Waals surface area contributed by atoms with Crippen molar-refractivity contribution in [3.8, 4) is 0 Å². The first-order chi connectivity index (χ1) is 7.50. The molecule has 0 aromatic heterocycles. The van der Waals surface area contributed by atoms with Gasteiger partial charge in [0, 0.05) is 19.3 Å². The van der Waals surface area contributed by atoms with Crippen molar-refractivity contribution >= 4 is 5.97 Å². The van der Waals surface area contributed by atoms with Crippen LogP contribution in [0.1, 0.15) is 45.4 Å². The standard InChI is InChI=1S/C12H18F2O2/c1-2-11(15)16-10-5-8-3-4-12(13,14)7-9(8)6-10/h8-10H,2-7H2,1H3/t8-,9?,10?/m0/s1. The maximum absolute atomic E-state index is 13.2. The number of hydrogen-bond donors (Lipinski definition) is 0. The lowest BCUT2D eigenvalue weighted by molar-refractivity contribution is -0.148. The highest BCUT2D eigenvalue weighted by Gasteiger charge is 2.46. The van der Waals surface area contributed by atoms with Crippen LogP contribution in [0.5, 0.6) is 0 Å². The molecule has 2 aliphatic rings. The van der Waals surface area contributed by atoms with E-state index in [1.807, 2.05) is 0 Å². The molecule has 92 valence electrons. The van der Waals surface area contributed by atoms with Crippen LogP contribution in [0.4, 0.5) is 8.78 Å². The molecule has 0 amide bonds. The molecular weight excluding hydrogens is 214 g/mol. The van der Waals surface area contributed by atoms with Crippen molar-refractivity contribution in [1.29, 1.82) is 0 Å². The highest BCUT2D eigenvalue weighted by atomic mass is 19.3. The van der Waals surface area contributed by atoms with E-state index in [1.165, 1.54) is 0 Å². The Morgan fingerprint density at radius 1 is 1.38 bits per heavy atom. The lowest BCUT2D eigenvalue weighted by Gasteiger charge is -2.30. The van der Waals surface area contributed by atoms with Gasteiger partial charge in [0.05, 0.1) is 0 Å². The topological polar surface area (TPSA) is 26.3 Å². The first-order valence-electron chi connectivity index (χ1n) is 6.07. The summed E-state index contributed by atoms with van der Waals surface area (Å²) in [4.78, 5) is 11.1. The largest absolute Gasteiger partial charge is 0.462 e. The second kappa shape index (κ2) is 4.30. The predicted octanol–water partition coefficient (Wildman–Crippen LogP) is 3.15. The van der Waals surface area contributed by atoms with Gasteiger partial charge in [0.1, 0.15) is 6.10 Å². The molecule has 0 aromatic rings. The lowest BCUT2D eigenvalue weighted by Crippen LogP contribution is -2.29. The number of halogens is 2. The van der Waals surface area contributed by atoms with Crippen LogP contribution in [-0.4, -0.2) is 18.0 Å². The maximum atomic E-state index is 13.2. The quantitative estimate of drug-likeness (QED) is 0.684. The van der Waals surface area contributed by atoms with Gasteiger partial charge in [0.2, 0.25) is 5.92 Å². The number of fused-ring (bicyclic) bond motifs is 1. The van der Waals surface area contributed by atoms with Gasteiger partial charge >= 0.3 is 5.97 Å². The summed E-state index contributed by atoms with van der Waals surface area (Å²) in [5.74, 6) is -2.31. The first kappa shape index (κ1) is 11.8. The predicted molar refractivity (Wildman–Crippen MR) is 55.2 cm³/mol. The van der Waals surface area contributed by atoms with Crippen LogP contribution >= 0.6 is 0 Å². The van der Waals surface area contributed by atoms with Crippen molar-refractivity contribution in [1.82, 2.24) is 0 Å². The molecule has 3 atom stereocenters. The molecular formula is C12H18F2O2. The average Bonchev–Trinajstić information content (AvgIpc) is 2.57. The van der Waals surface area contributed by atoms with Crippen molar-refractivity contribution in [3.63, 3.8) is 0 Å². The molecule has 0 bridgehead atoms. The van der Waals surface area contributed by atoms with E-state index in [9.17, 15) is 13.6 Å². The number of hydrogen-bond acceptors (Lipinski definition) is 2. The number of ether oxygens (including phenoxy) is 1. The summed E-state index contributed by atoms with van der Waals surface area (Å²) < 4.78 is 31.6. The fourth-order valence-corrected chi connectivity index (χ4v) is 3.01. The average molecular weight is 232 g/mol. The van der Waals surface area contributed by atoms with Gasteiger partial charge in [-0.05, 0) is 31.1 Å². The van der Waals surface area contributed by atoms with E-state index in [1.54, 1.807) is 6.92 Å². The van der Waals surface area contributed by atoms with Gasteiger partial charge in [-0.1, -0.05) is 6.92 Å². The minimum absolute atomic E-state index is 0.00259. The summed E-state index contributed by atoms with van der Waals surface area (Å²) >= 11 is 0. The Morgan fingerprint density at radius 3 is 2.75 bits per heavy atom. The Morgan fingerprint density at radius 2 is 2.06 bits per heavy atom. The van der Waals surface area contributed by atoms with Gasteiger partial charge < -0.3 is 4.74 Å². The molecule has 4 heteroatoms. The lowest BCUT2D eigenvalue weighted by atomic mass is 9.80. The summed E-state index contributed by atoms with van der Waals surface area (Å²) in [6, 6.07) is 0. The molecule has 2 saturated carbocycles. The molecule has 0 spiro atoms. The molecule has 0 aliphatic heterocycles. The number of carbonyl (C=O) groups is 1. The SMILES string of the molecule is CCC(=O)OC1CC2CC(F)(F)CC[C@H]2C1. The fourth-order valence-electron chi connectivity index (χ4n) is 3.01. The second-order valence-electron chi connectivity index (χ2n) is 5.06. The molecule has 2 aliphatic carbocycles. The van der Waals surface area contributed by atoms with E-state index in [-0.39, 0.29) is 30.8 Å². The molecule has 0 N–H and O–H groups in total. The van der Waals surface area contributed by atoms with Crippen LogP contribution in [0.3, 0.4) is 0 Å². The summed E-state index contributed by atoms with van der Waals surface area (Å²) in [6.07, 6.45) is 2.23. The van der Waals surface area contributed by atoms with Crippen LogP contribution in [0.15, 0.2) is 0 Å². The third kappa shape index (κ3) is 2.53. The first-order valence-corrected chi connectivity index (χ1v) is 6.07. The van der Waals surface area contributed by atoms with Gasteiger partial charge in [-0.15, -0.1) is 0 Å². The molecule has 0 aromatic carbocycles. The van der Waals surface area contributed by atoms with E-state index in [0.29, 0.717) is 25.2 Å². The second-order valence-corrected chi connectivity index (χ2v) is 5.06. The Labute approximate surface area is 94.3 Å². The minimum atomic E-state index is -2.50. The smallest absolute Gasteiger partial charge is 0.305 e. The molecule has 0 heterocycles. The van der Waals surface area contributed by atoms with Crippen molar-refractivity contribution in [2.75, 3.05) is 0 Å². The third-order valence-electron chi connectivity index (χ3n) is 3.83. The summed E-state index contributed by atoms with van der Waals surface area (Å²) in [6.45, 7) is 1.75. The van der Waals surface area contributed by atoms with Crippen LogP contribution in [0, 0.1) is 11.8 Å². The zero-order chi connectivity index (χ0) is 11.8. The molecule has 16 heavy (non-hydrogen) atoms. The zero-order valence-electron chi connectivity index (χ0n) is 9.55. The number of carbonyl (C=O) groups excluding carboxylic acids is 1. The van der Waals surface area contributed by atoms with Crippen LogP contribution in [-0.2, 0) is 9.53 Å². The molecule has 2 nitrogen and oxygen atoms in total. The van der Waals surface area contributed by atoms with Gasteiger partial charge in [0.25, 0.3) is 0 Å². The maximum Gasteiger partial charge on any atom is 0.305 e. The van der Waals surface area contributed by atoms with Gasteiger partial charge in [-0.2, -0.15) is 0 Å². The Bertz CT molecular complexity index is 278. The normalized spacial score (nSPS) is 36.8. The monoisotopic (exact) mass is 232 g/mol. The zero-order valence-corrected chi connectivity index (χ0v) is 9.55. The van der Waals surface area contributed by atoms with Crippen molar-refractivity contribution < 1.29 is 18.3 Å². The van der Waals surface area contributed by atoms with Crippen LogP contribution < -0.4 is 0 Å². The number of rotatable bonds is 2. The molecule has 2 fully saturated rings. The van der Waals surface area contributed by atoms with E-state index in [2.05, 4.69) is 0 Å². The van der Waals surface area contributed by atoms with E-state index in [0.717, 1.165) is 6.42 Å². The van der Waals surface area contributed by atoms with Crippen molar-refractivity contribution in [3.05, 3.63) is 0 Å². The summed E-state index contributed by atoms with van der Waals surface area (Å²) in [5.41, 5.74) is 0. The molecule has 2 unspecified atom stereocenters. The van der Waals surface area contributed by atoms with Crippen LogP contribution in [0.25, 0.3) is 0 Å². The highest BCUT2D eigenvalue weighted by Crippen LogP contribution is 2.48. The molecule has 2 rings (SSSR count). The minimum Gasteiger partial charge on any atom is -0.462 e. The van der Waals surface area contributed by atoms with Gasteiger partial charge in [0.15, 0.2) is 0 Å². The van der Waals surface area contributed by atoms with Gasteiger partial charge in [-0.25, -0.2) is 8.78 Å². The van der Waals surface area contributed by atoms with E-state index < -0.39 is 5.92 Å². The fraction of sp³-hybridized carbons (Fsp3) is 0.917. The highest BCUT2D eigenvalue weighted by molar-refractivity contribution is 5.69. The van der Waals surface area contributed by atoms with Crippen molar-refractivity contribution in [2.45, 2.75) is 57.5 Å². The number of esters is 1. The van der Waals surface area contributed by atoms with E-state index >= 15 is 0 Å². The summed E-state index contributed by atoms with van der Waals surface area (Å²) in [5, 5.41) is 0. The van der Waals surface area contributed by atoms with Crippen LogP contribution in [0.2, 0.25) is 0 Å². The number of alkyl halides is 2. The van der Waals surface area contributed by atoms with Crippen molar-refractivity contribution in [2.24, 2.45) is 11.8 Å². The van der Waals surface area contributed by atoms with Gasteiger partial charge in [-0.3, -0.25) is 4.79 Å². The Kier molecular flexibility index (Phi) is 3.17. The summed E-state index contributed by atoms with van der Waals surface area (Å²) in [7, 11) is 0. The van der Waals surface area contributed by atoms with E-state index in [4.69, 9.17) is 4.74 Å². The Balaban J connectivity index is 1.89. The molecule has 0 saturated heterocycles. The Hall–Kier alpha value is -0.670. The third-order valence-corrected chi connectivity index (χ3v) is 3.83.